The first-order valence-electron chi connectivity index (χ1n) is 7.33. The lowest BCUT2D eigenvalue weighted by Gasteiger charge is -2.46. The summed E-state index contributed by atoms with van der Waals surface area (Å²) in [5, 5.41) is 0. The maximum absolute atomic E-state index is 6.15. The standard InChI is InChI=1S/C17H26O3/c1-13-12-16(2,3)20-17(4,19-13)11-10-14-6-8-15(18-5)9-7-14/h6-9,13H,10-12H2,1-5H3. The number of aryl methyl sites for hydroxylation is 1. The molecule has 3 nitrogen and oxygen atoms in total. The Kier molecular flexibility index (Phi) is 4.40. The van der Waals surface area contributed by atoms with Crippen LogP contribution >= 0.6 is 0 Å². The second kappa shape index (κ2) is 5.74. The molecule has 1 aromatic rings. The molecule has 1 fully saturated rings. The van der Waals surface area contributed by atoms with E-state index in [1.165, 1.54) is 5.56 Å². The molecule has 1 aliphatic heterocycles. The van der Waals surface area contributed by atoms with Crippen molar-refractivity contribution in [1.82, 2.24) is 0 Å². The average molecular weight is 278 g/mol. The van der Waals surface area contributed by atoms with E-state index in [0.29, 0.717) is 0 Å². The van der Waals surface area contributed by atoms with Crippen molar-refractivity contribution in [2.75, 3.05) is 7.11 Å². The third-order valence-corrected chi connectivity index (χ3v) is 3.75. The summed E-state index contributed by atoms with van der Waals surface area (Å²) in [5.41, 5.74) is 1.15. The molecule has 0 bridgehead atoms. The number of rotatable bonds is 4. The monoisotopic (exact) mass is 278 g/mol. The lowest BCUT2D eigenvalue weighted by Crippen LogP contribution is -2.50. The first-order valence-corrected chi connectivity index (χ1v) is 7.33. The van der Waals surface area contributed by atoms with Gasteiger partial charge in [0.15, 0.2) is 5.79 Å². The number of benzene rings is 1. The molecule has 1 aromatic carbocycles. The van der Waals surface area contributed by atoms with Crippen molar-refractivity contribution < 1.29 is 14.2 Å². The van der Waals surface area contributed by atoms with Gasteiger partial charge in [-0.3, -0.25) is 0 Å². The zero-order valence-electron chi connectivity index (χ0n) is 13.2. The summed E-state index contributed by atoms with van der Waals surface area (Å²) in [7, 11) is 1.68. The van der Waals surface area contributed by atoms with E-state index in [9.17, 15) is 0 Å². The molecule has 0 amide bonds. The van der Waals surface area contributed by atoms with Gasteiger partial charge in [0.05, 0.1) is 18.8 Å². The zero-order valence-corrected chi connectivity index (χ0v) is 13.2. The van der Waals surface area contributed by atoms with E-state index < -0.39 is 5.79 Å². The second-order valence-electron chi connectivity index (χ2n) is 6.48. The van der Waals surface area contributed by atoms with Gasteiger partial charge in [-0.15, -0.1) is 0 Å². The van der Waals surface area contributed by atoms with Crippen LogP contribution in [0.2, 0.25) is 0 Å². The summed E-state index contributed by atoms with van der Waals surface area (Å²) in [6.07, 6.45) is 2.96. The summed E-state index contributed by atoms with van der Waals surface area (Å²) in [6, 6.07) is 8.18. The Morgan fingerprint density at radius 3 is 2.40 bits per heavy atom. The summed E-state index contributed by atoms with van der Waals surface area (Å²) in [6.45, 7) is 8.44. The van der Waals surface area contributed by atoms with E-state index in [1.54, 1.807) is 7.11 Å². The van der Waals surface area contributed by atoms with Crippen molar-refractivity contribution >= 4 is 0 Å². The van der Waals surface area contributed by atoms with E-state index in [-0.39, 0.29) is 11.7 Å². The van der Waals surface area contributed by atoms with Crippen LogP contribution in [-0.4, -0.2) is 24.6 Å². The normalized spacial score (nSPS) is 29.1. The van der Waals surface area contributed by atoms with E-state index >= 15 is 0 Å². The first-order chi connectivity index (χ1) is 9.32. The number of hydrogen-bond acceptors (Lipinski definition) is 3. The predicted molar refractivity (Wildman–Crippen MR) is 80.0 cm³/mol. The van der Waals surface area contributed by atoms with Crippen LogP contribution < -0.4 is 4.74 Å². The first kappa shape index (κ1) is 15.3. The summed E-state index contributed by atoms with van der Waals surface area (Å²) in [4.78, 5) is 0. The molecular weight excluding hydrogens is 252 g/mol. The summed E-state index contributed by atoms with van der Waals surface area (Å²) < 4.78 is 17.4. The molecule has 1 saturated heterocycles. The molecule has 3 heteroatoms. The Hall–Kier alpha value is -1.06. The second-order valence-corrected chi connectivity index (χ2v) is 6.48. The molecule has 112 valence electrons. The van der Waals surface area contributed by atoms with Gasteiger partial charge in [0, 0.05) is 12.8 Å². The minimum absolute atomic E-state index is 0.119. The van der Waals surface area contributed by atoms with Gasteiger partial charge < -0.3 is 14.2 Å². The molecule has 2 atom stereocenters. The van der Waals surface area contributed by atoms with Crippen LogP contribution in [-0.2, 0) is 15.9 Å². The van der Waals surface area contributed by atoms with Crippen LogP contribution in [0.3, 0.4) is 0 Å². The predicted octanol–water partition coefficient (Wildman–Crippen LogP) is 3.95. The maximum Gasteiger partial charge on any atom is 0.166 e. The minimum Gasteiger partial charge on any atom is -0.497 e. The fourth-order valence-corrected chi connectivity index (χ4v) is 3.08. The molecule has 0 N–H and O–H groups in total. The Bertz CT molecular complexity index is 438. The molecule has 0 spiro atoms. The topological polar surface area (TPSA) is 27.7 Å². The van der Waals surface area contributed by atoms with Crippen LogP contribution in [0.5, 0.6) is 5.75 Å². The van der Waals surface area contributed by atoms with Gasteiger partial charge in [-0.1, -0.05) is 12.1 Å². The van der Waals surface area contributed by atoms with E-state index in [0.717, 1.165) is 25.0 Å². The van der Waals surface area contributed by atoms with Crippen LogP contribution in [0.25, 0.3) is 0 Å². The third kappa shape index (κ3) is 3.97. The fraction of sp³-hybridized carbons (Fsp3) is 0.647. The van der Waals surface area contributed by atoms with Gasteiger partial charge in [0.1, 0.15) is 5.75 Å². The van der Waals surface area contributed by atoms with Crippen molar-refractivity contribution in [2.45, 2.75) is 64.4 Å². The highest BCUT2D eigenvalue weighted by atomic mass is 16.7. The Morgan fingerprint density at radius 2 is 1.85 bits per heavy atom. The number of ether oxygens (including phenoxy) is 3. The Morgan fingerprint density at radius 1 is 1.20 bits per heavy atom. The van der Waals surface area contributed by atoms with Gasteiger partial charge in [-0.25, -0.2) is 0 Å². The highest BCUT2D eigenvalue weighted by Crippen LogP contribution is 2.36. The highest BCUT2D eigenvalue weighted by molar-refractivity contribution is 5.27. The van der Waals surface area contributed by atoms with Crippen LogP contribution in [0.1, 0.15) is 46.1 Å². The van der Waals surface area contributed by atoms with Crippen LogP contribution in [0.4, 0.5) is 0 Å². The van der Waals surface area contributed by atoms with Gasteiger partial charge in [-0.05, 0) is 51.8 Å². The van der Waals surface area contributed by atoms with Gasteiger partial charge >= 0.3 is 0 Å². The zero-order chi connectivity index (χ0) is 14.8. The molecule has 0 aromatic heterocycles. The Balaban J connectivity index is 1.97. The number of hydrogen-bond donors (Lipinski definition) is 0. The molecule has 2 rings (SSSR count). The minimum atomic E-state index is -0.499. The van der Waals surface area contributed by atoms with Crippen LogP contribution in [0, 0.1) is 0 Å². The van der Waals surface area contributed by atoms with E-state index in [1.807, 2.05) is 19.1 Å². The maximum atomic E-state index is 6.15. The van der Waals surface area contributed by atoms with E-state index in [2.05, 4.69) is 32.9 Å². The molecule has 0 aliphatic carbocycles. The van der Waals surface area contributed by atoms with Crippen molar-refractivity contribution in [2.24, 2.45) is 0 Å². The lowest BCUT2D eigenvalue weighted by molar-refractivity contribution is -0.332. The molecule has 0 saturated carbocycles. The van der Waals surface area contributed by atoms with Crippen molar-refractivity contribution in [3.05, 3.63) is 29.8 Å². The highest BCUT2D eigenvalue weighted by Gasteiger charge is 2.41. The smallest absolute Gasteiger partial charge is 0.166 e. The van der Waals surface area contributed by atoms with Crippen molar-refractivity contribution in [3.8, 4) is 5.75 Å². The molecule has 1 aliphatic rings. The van der Waals surface area contributed by atoms with Gasteiger partial charge in [0.2, 0.25) is 0 Å². The number of methoxy groups -OCH3 is 1. The summed E-state index contributed by atoms with van der Waals surface area (Å²) >= 11 is 0. The summed E-state index contributed by atoms with van der Waals surface area (Å²) in [5.74, 6) is 0.390. The molecule has 1 heterocycles. The third-order valence-electron chi connectivity index (χ3n) is 3.75. The molecule has 20 heavy (non-hydrogen) atoms. The molecule has 0 radical (unpaired) electrons. The van der Waals surface area contributed by atoms with Crippen molar-refractivity contribution in [1.29, 1.82) is 0 Å². The Labute approximate surface area is 122 Å². The SMILES string of the molecule is COc1ccc(CCC2(C)OC(C)CC(C)(C)O2)cc1. The van der Waals surface area contributed by atoms with Gasteiger partial charge in [-0.2, -0.15) is 0 Å². The average Bonchev–Trinajstić information content (AvgIpc) is 2.34. The van der Waals surface area contributed by atoms with Gasteiger partial charge in [0.25, 0.3) is 0 Å². The largest absolute Gasteiger partial charge is 0.497 e. The fourth-order valence-electron chi connectivity index (χ4n) is 3.08. The lowest BCUT2D eigenvalue weighted by atomic mass is 9.96. The molecule has 2 unspecified atom stereocenters. The van der Waals surface area contributed by atoms with E-state index in [4.69, 9.17) is 14.2 Å². The quantitative estimate of drug-likeness (QED) is 0.834. The molecular formula is C17H26O3. The van der Waals surface area contributed by atoms with Crippen LogP contribution in [0.15, 0.2) is 24.3 Å². The van der Waals surface area contributed by atoms with Crippen molar-refractivity contribution in [3.63, 3.8) is 0 Å².